The van der Waals surface area contributed by atoms with Crippen molar-refractivity contribution < 1.29 is 0 Å². The lowest BCUT2D eigenvalue weighted by atomic mass is 9.95. The van der Waals surface area contributed by atoms with Gasteiger partial charge < -0.3 is 9.13 Å². The van der Waals surface area contributed by atoms with Crippen LogP contribution in [0.5, 0.6) is 0 Å². The minimum Gasteiger partial charge on any atom is -0.309 e. The van der Waals surface area contributed by atoms with E-state index < -0.39 is 0 Å². The third-order valence-electron chi connectivity index (χ3n) is 9.57. The summed E-state index contributed by atoms with van der Waals surface area (Å²) >= 11 is 0. The van der Waals surface area contributed by atoms with Crippen LogP contribution in [0, 0.1) is 34.0 Å². The minimum absolute atomic E-state index is 0.542. The van der Waals surface area contributed by atoms with Gasteiger partial charge in [0.05, 0.1) is 56.6 Å². The van der Waals surface area contributed by atoms with E-state index in [1.165, 1.54) is 10.8 Å². The molecule has 9 aromatic rings. The van der Waals surface area contributed by atoms with Crippen molar-refractivity contribution in [2.45, 2.75) is 0 Å². The molecule has 2 aromatic heterocycles. The predicted octanol–water partition coefficient (Wildman–Crippen LogP) is 10.8. The third kappa shape index (κ3) is 4.38. The Labute approximate surface area is 287 Å². The van der Waals surface area contributed by atoms with E-state index in [0.717, 1.165) is 66.5 Å². The molecule has 0 radical (unpaired) electrons. The number of hydrogen-bond donors (Lipinski definition) is 0. The average molecular weight is 636 g/mol. The van der Waals surface area contributed by atoms with Gasteiger partial charge in [-0.15, -0.1) is 0 Å². The van der Waals surface area contributed by atoms with Gasteiger partial charge in [0.1, 0.15) is 6.07 Å². The molecule has 0 aliphatic rings. The van der Waals surface area contributed by atoms with Gasteiger partial charge >= 0.3 is 0 Å². The number of aromatic nitrogens is 2. The number of benzene rings is 7. The monoisotopic (exact) mass is 635 g/mol. The minimum atomic E-state index is 0.542. The summed E-state index contributed by atoms with van der Waals surface area (Å²) in [5, 5.41) is 34.3. The summed E-state index contributed by atoms with van der Waals surface area (Å²) in [5.74, 6) is 0. The first-order valence-corrected chi connectivity index (χ1v) is 16.3. The Morgan fingerprint density at radius 1 is 0.400 bits per heavy atom. The Balaban J connectivity index is 1.25. The van der Waals surface area contributed by atoms with E-state index in [4.69, 9.17) is 0 Å². The smallest absolute Gasteiger partial charge is 0.101 e. The molecule has 2 heterocycles. The summed E-state index contributed by atoms with van der Waals surface area (Å²) in [4.78, 5) is 0. The van der Waals surface area contributed by atoms with Gasteiger partial charge in [0.25, 0.3) is 0 Å². The molecule has 230 valence electrons. The summed E-state index contributed by atoms with van der Waals surface area (Å²) in [6, 6.07) is 57.9. The zero-order valence-corrected chi connectivity index (χ0v) is 26.7. The van der Waals surface area contributed by atoms with E-state index in [2.05, 4.69) is 112 Å². The SMILES string of the molecule is N#Cc1cc(-c2cccc(-n3c4ccccc4c4ccccc43)c2)cc(-c2ccccc2-n2c3ccc(C#N)cc3c3cccc(C#N)c32)c1. The van der Waals surface area contributed by atoms with E-state index in [0.29, 0.717) is 16.7 Å². The van der Waals surface area contributed by atoms with Crippen molar-refractivity contribution >= 4 is 43.6 Å². The number of para-hydroxylation sites is 4. The molecular formula is C45H25N5. The molecule has 0 unspecified atom stereocenters. The molecule has 0 fully saturated rings. The van der Waals surface area contributed by atoms with Crippen molar-refractivity contribution in [3.8, 4) is 51.8 Å². The van der Waals surface area contributed by atoms with Crippen LogP contribution in [0.2, 0.25) is 0 Å². The highest BCUT2D eigenvalue weighted by molar-refractivity contribution is 6.12. The Kier molecular flexibility index (Phi) is 6.56. The van der Waals surface area contributed by atoms with Crippen LogP contribution >= 0.6 is 0 Å². The van der Waals surface area contributed by atoms with Crippen LogP contribution in [-0.2, 0) is 0 Å². The molecule has 0 atom stereocenters. The maximum absolute atomic E-state index is 10.3. The number of rotatable bonds is 4. The summed E-state index contributed by atoms with van der Waals surface area (Å²) in [7, 11) is 0. The van der Waals surface area contributed by atoms with Crippen LogP contribution in [0.25, 0.3) is 77.2 Å². The Morgan fingerprint density at radius 3 is 1.82 bits per heavy atom. The zero-order chi connectivity index (χ0) is 33.8. The summed E-state index contributed by atoms with van der Waals surface area (Å²) in [5.41, 5.74) is 11.2. The summed E-state index contributed by atoms with van der Waals surface area (Å²) < 4.78 is 4.41. The first kappa shape index (κ1) is 28.8. The van der Waals surface area contributed by atoms with E-state index in [1.807, 2.05) is 66.7 Å². The van der Waals surface area contributed by atoms with Crippen LogP contribution < -0.4 is 0 Å². The molecule has 0 spiro atoms. The van der Waals surface area contributed by atoms with Crippen LogP contribution in [0.15, 0.2) is 152 Å². The van der Waals surface area contributed by atoms with Crippen molar-refractivity contribution in [1.29, 1.82) is 15.8 Å². The van der Waals surface area contributed by atoms with Crippen molar-refractivity contribution in [2.24, 2.45) is 0 Å². The van der Waals surface area contributed by atoms with Crippen molar-refractivity contribution in [3.05, 3.63) is 168 Å². The van der Waals surface area contributed by atoms with E-state index in [1.54, 1.807) is 0 Å². The van der Waals surface area contributed by atoms with Gasteiger partial charge in [-0.25, -0.2) is 0 Å². The second-order valence-electron chi connectivity index (χ2n) is 12.3. The molecular weight excluding hydrogens is 611 g/mol. The standard InChI is InChI=1S/C45H25N5/c46-26-29-19-20-44-40(23-29)39-15-8-10-32(28-48)45(39)50(44)41-16-4-1-12-36(41)34-22-30(27-47)21-33(24-34)31-9-7-11-35(25-31)49-42-17-5-2-13-37(42)38-14-3-6-18-43(38)49/h1-25H. The van der Waals surface area contributed by atoms with Gasteiger partial charge in [0.2, 0.25) is 0 Å². The third-order valence-corrected chi connectivity index (χ3v) is 9.57. The van der Waals surface area contributed by atoms with Gasteiger partial charge in [-0.1, -0.05) is 78.9 Å². The predicted molar refractivity (Wildman–Crippen MR) is 200 cm³/mol. The number of nitriles is 3. The maximum atomic E-state index is 10.3. The molecule has 5 nitrogen and oxygen atoms in total. The Bertz CT molecular complexity index is 2920. The van der Waals surface area contributed by atoms with Crippen molar-refractivity contribution in [3.63, 3.8) is 0 Å². The molecule has 0 N–H and O–H groups in total. The number of hydrogen-bond acceptors (Lipinski definition) is 3. The lowest BCUT2D eigenvalue weighted by molar-refractivity contribution is 1.18. The average Bonchev–Trinajstić information content (AvgIpc) is 3.70. The van der Waals surface area contributed by atoms with Crippen LogP contribution in [0.1, 0.15) is 16.7 Å². The molecule has 0 aliphatic heterocycles. The van der Waals surface area contributed by atoms with Crippen LogP contribution in [-0.4, -0.2) is 9.13 Å². The highest BCUT2D eigenvalue weighted by atomic mass is 15.0. The molecule has 0 saturated heterocycles. The topological polar surface area (TPSA) is 81.2 Å². The van der Waals surface area contributed by atoms with E-state index in [9.17, 15) is 15.8 Å². The summed E-state index contributed by atoms with van der Waals surface area (Å²) in [6.45, 7) is 0. The van der Waals surface area contributed by atoms with E-state index in [-0.39, 0.29) is 0 Å². The Morgan fingerprint density at radius 2 is 1.06 bits per heavy atom. The van der Waals surface area contributed by atoms with E-state index >= 15 is 0 Å². The van der Waals surface area contributed by atoms with Crippen LogP contribution in [0.3, 0.4) is 0 Å². The molecule has 0 saturated carbocycles. The maximum Gasteiger partial charge on any atom is 0.101 e. The molecule has 0 aliphatic carbocycles. The van der Waals surface area contributed by atoms with Crippen LogP contribution in [0.4, 0.5) is 0 Å². The molecule has 7 aromatic carbocycles. The van der Waals surface area contributed by atoms with Gasteiger partial charge in [-0.3, -0.25) is 0 Å². The Hall–Kier alpha value is -7.39. The first-order valence-electron chi connectivity index (χ1n) is 16.3. The first-order chi connectivity index (χ1) is 24.7. The summed E-state index contributed by atoms with van der Waals surface area (Å²) in [6.07, 6.45) is 0. The highest BCUT2D eigenvalue weighted by Crippen LogP contribution is 2.39. The largest absolute Gasteiger partial charge is 0.309 e. The van der Waals surface area contributed by atoms with Gasteiger partial charge in [-0.05, 0) is 89.5 Å². The molecule has 50 heavy (non-hydrogen) atoms. The fourth-order valence-corrected chi connectivity index (χ4v) is 7.43. The number of fused-ring (bicyclic) bond motifs is 6. The number of nitrogens with zero attached hydrogens (tertiary/aromatic N) is 5. The second-order valence-corrected chi connectivity index (χ2v) is 12.3. The lowest BCUT2D eigenvalue weighted by Crippen LogP contribution is -1.99. The van der Waals surface area contributed by atoms with Crippen molar-refractivity contribution in [1.82, 2.24) is 9.13 Å². The molecule has 5 heteroatoms. The zero-order valence-electron chi connectivity index (χ0n) is 26.7. The lowest BCUT2D eigenvalue weighted by Gasteiger charge is -2.16. The van der Waals surface area contributed by atoms with Gasteiger partial charge in [-0.2, -0.15) is 15.8 Å². The molecule has 0 bridgehead atoms. The fraction of sp³-hybridized carbons (Fsp3) is 0. The van der Waals surface area contributed by atoms with Crippen molar-refractivity contribution in [2.75, 3.05) is 0 Å². The quantitative estimate of drug-likeness (QED) is 0.193. The normalized spacial score (nSPS) is 11.1. The van der Waals surface area contributed by atoms with Gasteiger partial charge in [0, 0.05) is 32.8 Å². The second kappa shape index (κ2) is 11.4. The molecule has 9 rings (SSSR count). The fourth-order valence-electron chi connectivity index (χ4n) is 7.43. The van der Waals surface area contributed by atoms with Gasteiger partial charge in [0.15, 0.2) is 0 Å². The molecule has 0 amide bonds. The highest BCUT2D eigenvalue weighted by Gasteiger charge is 2.19.